The van der Waals surface area contributed by atoms with E-state index in [1.54, 1.807) is 24.7 Å². The summed E-state index contributed by atoms with van der Waals surface area (Å²) in [5.41, 5.74) is 0.494. The smallest absolute Gasteiger partial charge is 0.225 e. The van der Waals surface area contributed by atoms with Crippen LogP contribution in [-0.2, 0) is 6.54 Å². The first-order valence-corrected chi connectivity index (χ1v) is 7.14. The zero-order chi connectivity index (χ0) is 14.7. The summed E-state index contributed by atoms with van der Waals surface area (Å²) < 4.78 is 13.6. The second kappa shape index (κ2) is 6.32. The van der Waals surface area contributed by atoms with E-state index in [1.165, 1.54) is 6.07 Å². The molecule has 0 radical (unpaired) electrons. The molecule has 0 bridgehead atoms. The van der Waals surface area contributed by atoms with Gasteiger partial charge >= 0.3 is 0 Å². The lowest BCUT2D eigenvalue weighted by atomic mass is 10.2. The Morgan fingerprint density at radius 3 is 2.48 bits per heavy atom. The Balaban J connectivity index is 1.58. The van der Waals surface area contributed by atoms with E-state index < -0.39 is 0 Å². The standard InChI is InChI=1S/C14H15ClFN5/c15-11-8-18-14(19-9-11)21-6-4-20(5-7-21)10-13-12(16)2-1-3-17-13/h1-3,8-9H,4-7,10H2. The topological polar surface area (TPSA) is 45.2 Å². The molecule has 0 amide bonds. The van der Waals surface area contributed by atoms with Gasteiger partial charge in [0, 0.05) is 38.9 Å². The summed E-state index contributed by atoms with van der Waals surface area (Å²) in [4.78, 5) is 16.8. The molecule has 7 heteroatoms. The molecule has 1 saturated heterocycles. The summed E-state index contributed by atoms with van der Waals surface area (Å²) in [5, 5.41) is 0.531. The zero-order valence-corrected chi connectivity index (χ0v) is 12.2. The number of halogens is 2. The van der Waals surface area contributed by atoms with Crippen molar-refractivity contribution in [1.82, 2.24) is 19.9 Å². The first-order valence-electron chi connectivity index (χ1n) is 6.76. The van der Waals surface area contributed by atoms with Crippen LogP contribution >= 0.6 is 11.6 Å². The van der Waals surface area contributed by atoms with Crippen LogP contribution in [0.3, 0.4) is 0 Å². The van der Waals surface area contributed by atoms with Crippen molar-refractivity contribution in [3.8, 4) is 0 Å². The third-order valence-electron chi connectivity index (χ3n) is 3.47. The summed E-state index contributed by atoms with van der Waals surface area (Å²) in [6.45, 7) is 3.78. The van der Waals surface area contributed by atoms with E-state index in [0.717, 1.165) is 26.2 Å². The Labute approximate surface area is 127 Å². The maximum atomic E-state index is 13.6. The first kappa shape index (κ1) is 14.2. The van der Waals surface area contributed by atoms with E-state index in [0.29, 0.717) is 23.2 Å². The summed E-state index contributed by atoms with van der Waals surface area (Å²) in [6, 6.07) is 3.05. The Kier molecular flexibility index (Phi) is 4.26. The minimum Gasteiger partial charge on any atom is -0.338 e. The van der Waals surface area contributed by atoms with Crippen LogP contribution in [0.4, 0.5) is 10.3 Å². The largest absolute Gasteiger partial charge is 0.338 e. The second-order valence-corrected chi connectivity index (χ2v) is 5.33. The molecule has 0 spiro atoms. The van der Waals surface area contributed by atoms with Crippen molar-refractivity contribution in [3.05, 3.63) is 47.3 Å². The molecule has 2 aromatic rings. The van der Waals surface area contributed by atoms with Gasteiger partial charge < -0.3 is 4.90 Å². The third-order valence-corrected chi connectivity index (χ3v) is 3.67. The monoisotopic (exact) mass is 307 g/mol. The van der Waals surface area contributed by atoms with Crippen LogP contribution in [0.25, 0.3) is 0 Å². The molecule has 0 N–H and O–H groups in total. The third kappa shape index (κ3) is 3.46. The molecule has 1 aliphatic rings. The lowest BCUT2D eigenvalue weighted by molar-refractivity contribution is 0.242. The quantitative estimate of drug-likeness (QED) is 0.868. The Bertz CT molecular complexity index is 599. The van der Waals surface area contributed by atoms with Crippen molar-refractivity contribution < 1.29 is 4.39 Å². The summed E-state index contributed by atoms with van der Waals surface area (Å²) in [7, 11) is 0. The van der Waals surface area contributed by atoms with Crippen LogP contribution in [0.5, 0.6) is 0 Å². The molecule has 0 atom stereocenters. The highest BCUT2D eigenvalue weighted by molar-refractivity contribution is 6.30. The molecule has 5 nitrogen and oxygen atoms in total. The van der Waals surface area contributed by atoms with E-state index in [2.05, 4.69) is 24.8 Å². The van der Waals surface area contributed by atoms with Gasteiger partial charge in [-0.05, 0) is 12.1 Å². The van der Waals surface area contributed by atoms with Crippen molar-refractivity contribution in [2.45, 2.75) is 6.54 Å². The molecule has 0 aromatic carbocycles. The van der Waals surface area contributed by atoms with E-state index in [4.69, 9.17) is 11.6 Å². The Morgan fingerprint density at radius 1 is 1.10 bits per heavy atom. The zero-order valence-electron chi connectivity index (χ0n) is 11.4. The molecule has 3 heterocycles. The predicted molar refractivity (Wildman–Crippen MR) is 78.7 cm³/mol. The number of piperazine rings is 1. The molecule has 1 fully saturated rings. The van der Waals surface area contributed by atoms with Gasteiger partial charge in [0.25, 0.3) is 0 Å². The lowest BCUT2D eigenvalue weighted by Gasteiger charge is -2.34. The van der Waals surface area contributed by atoms with Gasteiger partial charge in [0.2, 0.25) is 5.95 Å². The fourth-order valence-corrected chi connectivity index (χ4v) is 2.42. The maximum Gasteiger partial charge on any atom is 0.225 e. The van der Waals surface area contributed by atoms with Crippen molar-refractivity contribution in [3.63, 3.8) is 0 Å². The number of pyridine rings is 1. The fourth-order valence-electron chi connectivity index (χ4n) is 2.32. The van der Waals surface area contributed by atoms with Crippen LogP contribution in [0.1, 0.15) is 5.69 Å². The molecule has 0 unspecified atom stereocenters. The van der Waals surface area contributed by atoms with Gasteiger partial charge in [0.15, 0.2) is 0 Å². The normalized spacial score (nSPS) is 16.2. The highest BCUT2D eigenvalue weighted by Crippen LogP contribution is 2.14. The van der Waals surface area contributed by atoms with Gasteiger partial charge in [0.1, 0.15) is 5.82 Å². The summed E-state index contributed by atoms with van der Waals surface area (Å²) in [5.74, 6) is 0.434. The van der Waals surface area contributed by atoms with Gasteiger partial charge in [-0.25, -0.2) is 14.4 Å². The number of nitrogens with zero attached hydrogens (tertiary/aromatic N) is 5. The molecule has 2 aromatic heterocycles. The van der Waals surface area contributed by atoms with E-state index >= 15 is 0 Å². The Morgan fingerprint density at radius 2 is 1.81 bits per heavy atom. The highest BCUT2D eigenvalue weighted by atomic mass is 35.5. The summed E-state index contributed by atoms with van der Waals surface area (Å²) in [6.07, 6.45) is 4.81. The van der Waals surface area contributed by atoms with Crippen molar-refractivity contribution in [1.29, 1.82) is 0 Å². The molecule has 0 saturated carbocycles. The van der Waals surface area contributed by atoms with Gasteiger partial charge in [-0.1, -0.05) is 11.6 Å². The van der Waals surface area contributed by atoms with Crippen molar-refractivity contribution >= 4 is 17.5 Å². The van der Waals surface area contributed by atoms with Crippen LogP contribution in [0.15, 0.2) is 30.7 Å². The molecular weight excluding hydrogens is 293 g/mol. The second-order valence-electron chi connectivity index (χ2n) is 4.90. The Hall–Kier alpha value is -1.79. The van der Waals surface area contributed by atoms with Crippen LogP contribution in [0, 0.1) is 5.82 Å². The first-order chi connectivity index (χ1) is 10.2. The number of aromatic nitrogens is 3. The van der Waals surface area contributed by atoms with Gasteiger partial charge in [-0.3, -0.25) is 9.88 Å². The minimum atomic E-state index is -0.249. The maximum absolute atomic E-state index is 13.6. The van der Waals surface area contributed by atoms with Gasteiger partial charge in [-0.15, -0.1) is 0 Å². The molecule has 3 rings (SSSR count). The lowest BCUT2D eigenvalue weighted by Crippen LogP contribution is -2.46. The number of rotatable bonds is 3. The molecule has 21 heavy (non-hydrogen) atoms. The van der Waals surface area contributed by atoms with Gasteiger partial charge in [-0.2, -0.15) is 0 Å². The molecule has 1 aliphatic heterocycles. The molecule has 0 aliphatic carbocycles. The minimum absolute atomic E-state index is 0.249. The van der Waals surface area contributed by atoms with E-state index in [1.807, 2.05) is 0 Å². The number of hydrogen-bond acceptors (Lipinski definition) is 5. The van der Waals surface area contributed by atoms with Gasteiger partial charge in [0.05, 0.1) is 23.1 Å². The molecule has 110 valence electrons. The summed E-state index contributed by atoms with van der Waals surface area (Å²) >= 11 is 5.78. The average Bonchev–Trinajstić information content (AvgIpc) is 2.51. The number of hydrogen-bond donors (Lipinski definition) is 0. The van der Waals surface area contributed by atoms with E-state index in [9.17, 15) is 4.39 Å². The molecular formula is C14H15ClFN5. The predicted octanol–water partition coefficient (Wildman–Crippen LogP) is 1.99. The fraction of sp³-hybridized carbons (Fsp3) is 0.357. The SMILES string of the molecule is Fc1cccnc1CN1CCN(c2ncc(Cl)cn2)CC1. The number of anilines is 1. The van der Waals surface area contributed by atoms with Crippen LogP contribution < -0.4 is 4.90 Å². The van der Waals surface area contributed by atoms with Crippen molar-refractivity contribution in [2.75, 3.05) is 31.1 Å². The average molecular weight is 308 g/mol. The highest BCUT2D eigenvalue weighted by Gasteiger charge is 2.20. The van der Waals surface area contributed by atoms with Crippen LogP contribution in [-0.4, -0.2) is 46.0 Å². The van der Waals surface area contributed by atoms with Crippen molar-refractivity contribution in [2.24, 2.45) is 0 Å². The van der Waals surface area contributed by atoms with Crippen LogP contribution in [0.2, 0.25) is 5.02 Å². The van der Waals surface area contributed by atoms with E-state index in [-0.39, 0.29) is 5.82 Å².